The summed E-state index contributed by atoms with van der Waals surface area (Å²) in [6.07, 6.45) is 0. The van der Waals surface area contributed by atoms with Crippen LogP contribution < -0.4 is 11.5 Å². The van der Waals surface area contributed by atoms with E-state index in [0.717, 1.165) is 14.9 Å². The van der Waals surface area contributed by atoms with Crippen LogP contribution in [0.1, 0.15) is 0 Å². The van der Waals surface area contributed by atoms with Crippen LogP contribution in [-0.2, 0) is 0 Å². The lowest BCUT2D eigenvalue weighted by Gasteiger charge is -1.88. The molecule has 0 atom stereocenters. The summed E-state index contributed by atoms with van der Waals surface area (Å²) in [7, 11) is 0. The number of aromatic nitrogens is 2. The maximum absolute atomic E-state index is 10.4. The highest BCUT2D eigenvalue weighted by molar-refractivity contribution is 7.22. The number of nitro groups is 1. The summed E-state index contributed by atoms with van der Waals surface area (Å²) in [6.45, 7) is 0. The van der Waals surface area contributed by atoms with Gasteiger partial charge in [0.1, 0.15) is 0 Å². The molecule has 0 fully saturated rings. The molecule has 0 saturated carbocycles. The highest BCUT2D eigenvalue weighted by Crippen LogP contribution is 2.27. The first-order valence-electron chi connectivity index (χ1n) is 6.44. The summed E-state index contributed by atoms with van der Waals surface area (Å²) in [5.74, 6) is 0. The smallest absolute Gasteiger partial charge is 0.270 e. The van der Waals surface area contributed by atoms with Gasteiger partial charge in [0.2, 0.25) is 0 Å². The number of rotatable bonds is 1. The first-order chi connectivity index (χ1) is 11.0. The number of hydrogen-bond acceptors (Lipinski definition) is 8. The van der Waals surface area contributed by atoms with Gasteiger partial charge in [-0.05, 0) is 18.2 Å². The van der Waals surface area contributed by atoms with Crippen LogP contribution in [0, 0.1) is 10.1 Å². The Labute approximate surface area is 138 Å². The van der Waals surface area contributed by atoms with Crippen LogP contribution in [-0.4, -0.2) is 14.9 Å². The van der Waals surface area contributed by atoms with Gasteiger partial charge in [-0.3, -0.25) is 10.1 Å². The predicted molar refractivity (Wildman–Crippen MR) is 94.7 cm³/mol. The maximum Gasteiger partial charge on any atom is 0.270 e. The number of para-hydroxylation sites is 1. The van der Waals surface area contributed by atoms with E-state index in [2.05, 4.69) is 9.97 Å². The van der Waals surface area contributed by atoms with E-state index in [1.807, 2.05) is 24.3 Å². The van der Waals surface area contributed by atoms with Gasteiger partial charge in [0.25, 0.3) is 5.69 Å². The maximum atomic E-state index is 10.4. The molecule has 2 heterocycles. The Hall–Kier alpha value is -2.78. The van der Waals surface area contributed by atoms with E-state index in [4.69, 9.17) is 11.5 Å². The fraction of sp³-hybridized carbons (Fsp3) is 0. The van der Waals surface area contributed by atoms with E-state index in [0.29, 0.717) is 15.8 Å². The van der Waals surface area contributed by atoms with Crippen molar-refractivity contribution in [3.63, 3.8) is 0 Å². The van der Waals surface area contributed by atoms with Crippen LogP contribution in [0.3, 0.4) is 0 Å². The molecule has 23 heavy (non-hydrogen) atoms. The minimum Gasteiger partial charge on any atom is -0.375 e. The molecule has 4 aromatic rings. The van der Waals surface area contributed by atoms with Gasteiger partial charge in [-0.15, -0.1) is 0 Å². The molecule has 0 spiro atoms. The molecule has 4 rings (SSSR count). The van der Waals surface area contributed by atoms with Gasteiger partial charge >= 0.3 is 0 Å². The quantitative estimate of drug-likeness (QED) is 0.401. The number of fused-ring (bicyclic) bond motifs is 2. The Bertz CT molecular complexity index is 962. The van der Waals surface area contributed by atoms with Crippen LogP contribution >= 0.6 is 22.7 Å². The summed E-state index contributed by atoms with van der Waals surface area (Å²) in [6, 6.07) is 12.4. The van der Waals surface area contributed by atoms with Crippen molar-refractivity contribution in [2.24, 2.45) is 0 Å². The summed E-state index contributed by atoms with van der Waals surface area (Å²) in [4.78, 5) is 18.1. The lowest BCUT2D eigenvalue weighted by atomic mass is 10.3. The molecule has 0 amide bonds. The molecule has 0 unspecified atom stereocenters. The van der Waals surface area contributed by atoms with E-state index >= 15 is 0 Å². The number of non-ortho nitro benzene ring substituents is 1. The van der Waals surface area contributed by atoms with E-state index < -0.39 is 4.92 Å². The van der Waals surface area contributed by atoms with Crippen molar-refractivity contribution in [3.05, 3.63) is 52.6 Å². The van der Waals surface area contributed by atoms with Crippen molar-refractivity contribution in [2.75, 3.05) is 11.5 Å². The molecular weight excluding hydrogens is 334 g/mol. The van der Waals surface area contributed by atoms with Gasteiger partial charge in [0, 0.05) is 12.1 Å². The number of thiazole rings is 2. The standard InChI is InChI=1S/C7H5N3O2S.C7H6N2S/c8-7-9-5-2-1-4(10(11)12)3-6(5)13-7;8-7-9-5-3-1-2-4-6(5)10-7/h1-3H,(H2,8,9);1-4H,(H2,8,9). The molecular formula is C14H11N5O2S2. The Kier molecular flexibility index (Phi) is 4.04. The second-order valence-electron chi connectivity index (χ2n) is 4.48. The zero-order valence-electron chi connectivity index (χ0n) is 11.7. The van der Waals surface area contributed by atoms with Crippen molar-refractivity contribution in [1.82, 2.24) is 9.97 Å². The molecule has 0 aliphatic carbocycles. The van der Waals surface area contributed by atoms with Crippen LogP contribution in [0.4, 0.5) is 16.0 Å². The van der Waals surface area contributed by atoms with Gasteiger partial charge in [-0.25, -0.2) is 9.97 Å². The van der Waals surface area contributed by atoms with Crippen molar-refractivity contribution < 1.29 is 4.92 Å². The van der Waals surface area contributed by atoms with Crippen molar-refractivity contribution >= 4 is 59.1 Å². The summed E-state index contributed by atoms with van der Waals surface area (Å²) in [5.41, 5.74) is 12.7. The number of hydrogen-bond donors (Lipinski definition) is 2. The minimum atomic E-state index is -0.435. The number of nitrogen functional groups attached to an aromatic ring is 2. The molecule has 4 N–H and O–H groups in total. The average Bonchev–Trinajstić information content (AvgIpc) is 3.06. The second kappa shape index (κ2) is 6.15. The third-order valence-electron chi connectivity index (χ3n) is 2.91. The van der Waals surface area contributed by atoms with Gasteiger partial charge in [0.05, 0.1) is 25.4 Å². The van der Waals surface area contributed by atoms with E-state index in [-0.39, 0.29) is 5.69 Å². The molecule has 9 heteroatoms. The number of benzene rings is 2. The van der Waals surface area contributed by atoms with E-state index in [1.165, 1.54) is 34.8 Å². The molecule has 2 aromatic heterocycles. The molecule has 0 aliphatic rings. The summed E-state index contributed by atoms with van der Waals surface area (Å²) in [5, 5.41) is 11.5. The predicted octanol–water partition coefficient (Wildman–Crippen LogP) is 3.67. The second-order valence-corrected chi connectivity index (χ2v) is 6.61. The normalized spacial score (nSPS) is 10.4. The van der Waals surface area contributed by atoms with Crippen LogP contribution in [0.15, 0.2) is 42.5 Å². The topological polar surface area (TPSA) is 121 Å². The van der Waals surface area contributed by atoms with Crippen LogP contribution in [0.25, 0.3) is 20.4 Å². The number of anilines is 2. The molecule has 2 aromatic carbocycles. The molecule has 0 aliphatic heterocycles. The lowest BCUT2D eigenvalue weighted by Crippen LogP contribution is -1.85. The van der Waals surface area contributed by atoms with Gasteiger partial charge in [0.15, 0.2) is 10.3 Å². The zero-order valence-corrected chi connectivity index (χ0v) is 13.3. The SMILES string of the molecule is Nc1nc2ccc([N+](=O)[O-])cc2s1.Nc1nc2ccccc2s1. The van der Waals surface area contributed by atoms with Gasteiger partial charge in [-0.1, -0.05) is 34.8 Å². The van der Waals surface area contributed by atoms with Gasteiger partial charge in [-0.2, -0.15) is 0 Å². The van der Waals surface area contributed by atoms with Crippen molar-refractivity contribution in [3.8, 4) is 0 Å². The third-order valence-corrected chi connectivity index (χ3v) is 4.62. The molecule has 7 nitrogen and oxygen atoms in total. The summed E-state index contributed by atoms with van der Waals surface area (Å²) >= 11 is 2.76. The highest BCUT2D eigenvalue weighted by atomic mass is 32.1. The fourth-order valence-electron chi connectivity index (χ4n) is 1.93. The number of nitro benzene ring substituents is 1. The minimum absolute atomic E-state index is 0.0659. The highest BCUT2D eigenvalue weighted by Gasteiger charge is 2.08. The van der Waals surface area contributed by atoms with Crippen LogP contribution in [0.5, 0.6) is 0 Å². The Morgan fingerprint density at radius 1 is 0.913 bits per heavy atom. The van der Waals surface area contributed by atoms with Crippen molar-refractivity contribution in [1.29, 1.82) is 0 Å². The molecule has 0 saturated heterocycles. The molecule has 0 radical (unpaired) electrons. The molecule has 116 valence electrons. The summed E-state index contributed by atoms with van der Waals surface area (Å²) < 4.78 is 1.90. The average molecular weight is 345 g/mol. The van der Waals surface area contributed by atoms with Crippen molar-refractivity contribution in [2.45, 2.75) is 0 Å². The van der Waals surface area contributed by atoms with Gasteiger partial charge < -0.3 is 11.5 Å². The van der Waals surface area contributed by atoms with Crippen LogP contribution in [0.2, 0.25) is 0 Å². The molecule has 0 bridgehead atoms. The van der Waals surface area contributed by atoms with E-state index in [1.54, 1.807) is 6.07 Å². The van der Waals surface area contributed by atoms with E-state index in [9.17, 15) is 10.1 Å². The monoisotopic (exact) mass is 345 g/mol. The third kappa shape index (κ3) is 3.35. The Morgan fingerprint density at radius 3 is 2.17 bits per heavy atom. The Balaban J connectivity index is 0.000000140. The fourth-order valence-corrected chi connectivity index (χ4v) is 3.44. The lowest BCUT2D eigenvalue weighted by molar-refractivity contribution is -0.384. The first-order valence-corrected chi connectivity index (χ1v) is 8.08. The number of nitrogens with zero attached hydrogens (tertiary/aromatic N) is 3. The largest absolute Gasteiger partial charge is 0.375 e. The Morgan fingerprint density at radius 2 is 1.52 bits per heavy atom. The zero-order chi connectivity index (χ0) is 16.4. The first kappa shape index (κ1) is 15.1. The number of nitrogens with two attached hydrogens (primary N) is 2.